The minimum absolute atomic E-state index is 0.0467. The zero-order chi connectivity index (χ0) is 34.8. The molecule has 2 aromatic carbocycles. The van der Waals surface area contributed by atoms with E-state index in [0.717, 1.165) is 48.1 Å². The number of aromatic nitrogens is 4. The number of nitrogens with zero attached hydrogens (tertiary/aromatic N) is 6. The Morgan fingerprint density at radius 1 is 0.776 bits per heavy atom. The van der Waals surface area contributed by atoms with Crippen molar-refractivity contribution < 1.29 is 23.8 Å². The highest BCUT2D eigenvalue weighted by Gasteiger charge is 2.33. The molecule has 260 valence electrons. The number of ether oxygens (including phenoxy) is 3. The van der Waals surface area contributed by atoms with Crippen molar-refractivity contribution in [3.63, 3.8) is 0 Å². The quantitative estimate of drug-likeness (QED) is 0.220. The molecule has 2 fully saturated rings. The molecule has 0 spiro atoms. The van der Waals surface area contributed by atoms with Gasteiger partial charge in [-0.2, -0.15) is 5.10 Å². The van der Waals surface area contributed by atoms with Crippen LogP contribution in [0.5, 0.6) is 11.5 Å². The normalized spacial score (nSPS) is 18.7. The average Bonchev–Trinajstić information content (AvgIpc) is 3.45. The zero-order valence-electron chi connectivity index (χ0n) is 29.3. The first-order chi connectivity index (χ1) is 23.3. The molecule has 2 amide bonds. The second kappa shape index (κ2) is 13.9. The first-order valence-corrected chi connectivity index (χ1v) is 17.1. The van der Waals surface area contributed by atoms with Gasteiger partial charge in [0.2, 0.25) is 0 Å². The van der Waals surface area contributed by atoms with E-state index in [2.05, 4.69) is 5.32 Å². The molecule has 0 aliphatic carbocycles. The van der Waals surface area contributed by atoms with E-state index in [1.54, 1.807) is 16.1 Å². The van der Waals surface area contributed by atoms with Crippen LogP contribution in [0.15, 0.2) is 60.9 Å². The Labute approximate surface area is 287 Å². The fraction of sp³-hybridized carbons (Fsp3) is 0.486. The van der Waals surface area contributed by atoms with E-state index in [1.807, 2.05) is 101 Å². The summed E-state index contributed by atoms with van der Waals surface area (Å²) in [5.74, 6) is 2.11. The lowest BCUT2D eigenvalue weighted by Gasteiger charge is -2.34. The molecule has 12 heteroatoms. The Balaban J connectivity index is 1.33. The topological polar surface area (TPSA) is 124 Å². The van der Waals surface area contributed by atoms with Crippen molar-refractivity contribution in [1.29, 1.82) is 0 Å². The summed E-state index contributed by atoms with van der Waals surface area (Å²) in [6, 6.07) is 17.3. The van der Waals surface area contributed by atoms with Gasteiger partial charge in [-0.05, 0) is 104 Å². The number of carbonyl (C=O) groups is 2. The number of rotatable bonds is 6. The highest BCUT2D eigenvalue weighted by molar-refractivity contribution is 5.99. The van der Waals surface area contributed by atoms with Crippen molar-refractivity contribution in [2.24, 2.45) is 0 Å². The maximum absolute atomic E-state index is 13.1. The van der Waals surface area contributed by atoms with Gasteiger partial charge in [0.05, 0.1) is 11.4 Å². The van der Waals surface area contributed by atoms with Crippen molar-refractivity contribution in [3.05, 3.63) is 60.9 Å². The third-order valence-electron chi connectivity index (χ3n) is 8.40. The van der Waals surface area contributed by atoms with E-state index in [0.29, 0.717) is 43.4 Å². The molecule has 49 heavy (non-hydrogen) atoms. The molecule has 2 atom stereocenters. The fourth-order valence-electron chi connectivity index (χ4n) is 6.27. The van der Waals surface area contributed by atoms with Gasteiger partial charge in [0, 0.05) is 37.8 Å². The average molecular weight is 670 g/mol. The Bertz CT molecular complexity index is 1760. The van der Waals surface area contributed by atoms with Crippen LogP contribution < -0.4 is 10.1 Å². The number of para-hydroxylation sites is 1. The summed E-state index contributed by atoms with van der Waals surface area (Å²) in [6.07, 6.45) is 4.25. The lowest BCUT2D eigenvalue weighted by molar-refractivity contribution is 0.0167. The Kier molecular flexibility index (Phi) is 9.67. The lowest BCUT2D eigenvalue weighted by atomic mass is 10.0. The van der Waals surface area contributed by atoms with Gasteiger partial charge in [-0.25, -0.2) is 24.2 Å². The molecule has 0 bridgehead atoms. The van der Waals surface area contributed by atoms with Crippen molar-refractivity contribution >= 4 is 29.0 Å². The van der Waals surface area contributed by atoms with Gasteiger partial charge in [0.25, 0.3) is 0 Å². The van der Waals surface area contributed by atoms with Crippen molar-refractivity contribution in [2.45, 2.75) is 90.5 Å². The van der Waals surface area contributed by atoms with Crippen LogP contribution in [0.4, 0.5) is 15.4 Å². The van der Waals surface area contributed by atoms with E-state index >= 15 is 0 Å². The highest BCUT2D eigenvalue weighted by atomic mass is 16.6. The minimum Gasteiger partial charge on any atom is -0.457 e. The number of amides is 2. The van der Waals surface area contributed by atoms with E-state index < -0.39 is 11.2 Å². The number of benzene rings is 2. The number of anilines is 1. The smallest absolute Gasteiger partial charge is 0.410 e. The third kappa shape index (κ3) is 8.41. The van der Waals surface area contributed by atoms with E-state index in [4.69, 9.17) is 29.3 Å². The van der Waals surface area contributed by atoms with Gasteiger partial charge in [-0.1, -0.05) is 18.2 Å². The summed E-state index contributed by atoms with van der Waals surface area (Å²) < 4.78 is 19.4. The molecule has 0 radical (unpaired) electrons. The van der Waals surface area contributed by atoms with Crippen LogP contribution in [-0.4, -0.2) is 85.2 Å². The van der Waals surface area contributed by atoms with Crippen LogP contribution in [0.2, 0.25) is 0 Å². The maximum atomic E-state index is 13.1. The number of likely N-dealkylation sites (tertiary alicyclic amines) is 2. The molecule has 2 saturated heterocycles. The summed E-state index contributed by atoms with van der Waals surface area (Å²) in [7, 11) is 0. The fourth-order valence-corrected chi connectivity index (χ4v) is 6.27. The van der Waals surface area contributed by atoms with E-state index in [9.17, 15) is 9.59 Å². The van der Waals surface area contributed by atoms with Crippen LogP contribution in [0, 0.1) is 0 Å². The first kappa shape index (κ1) is 34.0. The number of carbonyl (C=O) groups excluding carboxylic acids is 2. The van der Waals surface area contributed by atoms with Crippen molar-refractivity contribution in [3.8, 4) is 22.8 Å². The molecule has 2 aliphatic rings. The lowest BCUT2D eigenvalue weighted by Crippen LogP contribution is -2.47. The minimum atomic E-state index is -0.585. The zero-order valence-corrected chi connectivity index (χ0v) is 29.3. The summed E-state index contributed by atoms with van der Waals surface area (Å²) in [6.45, 7) is 13.5. The molecule has 12 nitrogen and oxygen atoms in total. The predicted molar refractivity (Wildman–Crippen MR) is 188 cm³/mol. The Morgan fingerprint density at radius 2 is 1.39 bits per heavy atom. The number of fused-ring (bicyclic) bond motifs is 1. The largest absolute Gasteiger partial charge is 0.457 e. The van der Waals surface area contributed by atoms with Crippen molar-refractivity contribution in [1.82, 2.24) is 29.5 Å². The molecular weight excluding hydrogens is 622 g/mol. The molecular formula is C37H47N7O5. The van der Waals surface area contributed by atoms with Gasteiger partial charge < -0.3 is 29.3 Å². The second-order valence-electron chi connectivity index (χ2n) is 14.8. The summed E-state index contributed by atoms with van der Waals surface area (Å²) >= 11 is 0. The van der Waals surface area contributed by atoms with Gasteiger partial charge in [-0.15, -0.1) is 0 Å². The van der Waals surface area contributed by atoms with E-state index in [1.165, 1.54) is 0 Å². The van der Waals surface area contributed by atoms with E-state index in [-0.39, 0.29) is 24.3 Å². The van der Waals surface area contributed by atoms with Gasteiger partial charge in [-0.3, -0.25) is 0 Å². The molecule has 4 heterocycles. The molecule has 4 aromatic rings. The number of hydrogen-bond donors (Lipinski definition) is 1. The Morgan fingerprint density at radius 3 is 2.04 bits per heavy atom. The molecule has 1 N–H and O–H groups in total. The SMILES string of the molecule is CC(C)(C)OC(=O)N1CCCC(Nc2ncnc3c2c(-c2ccc(Oc4ccccc4)cc2)nn3C2CCCN(C(=O)OC(C)(C)C)C2)C1. The second-order valence-corrected chi connectivity index (χ2v) is 14.8. The number of piperidine rings is 2. The predicted octanol–water partition coefficient (Wildman–Crippen LogP) is 7.67. The monoisotopic (exact) mass is 669 g/mol. The van der Waals surface area contributed by atoms with Crippen LogP contribution in [0.25, 0.3) is 22.3 Å². The standard InChI is InChI=1S/C37H47N7O5/c1-36(2,3)48-34(45)42-20-10-12-26(22-42)40-32-30-31(25-16-18-29(19-17-25)47-28-14-8-7-9-15-28)41-44(33(30)39-24-38-32)27-13-11-21-43(23-27)35(46)49-37(4,5)6/h7-9,14-19,24,26-27H,10-13,20-23H2,1-6H3,(H,38,39,40). The number of nitrogens with one attached hydrogen (secondary N) is 1. The number of hydrogen-bond acceptors (Lipinski definition) is 9. The van der Waals surface area contributed by atoms with Crippen molar-refractivity contribution in [2.75, 3.05) is 31.5 Å². The Hall–Kier alpha value is -4.87. The van der Waals surface area contributed by atoms with Crippen LogP contribution >= 0.6 is 0 Å². The molecule has 2 aromatic heterocycles. The summed E-state index contributed by atoms with van der Waals surface area (Å²) in [4.78, 5) is 39.0. The van der Waals surface area contributed by atoms with Gasteiger partial charge in [0.1, 0.15) is 40.5 Å². The summed E-state index contributed by atoms with van der Waals surface area (Å²) in [5, 5.41) is 9.58. The van der Waals surface area contributed by atoms with Crippen LogP contribution in [-0.2, 0) is 9.47 Å². The molecule has 2 aliphatic heterocycles. The van der Waals surface area contributed by atoms with Crippen LogP contribution in [0.1, 0.15) is 73.3 Å². The highest BCUT2D eigenvalue weighted by Crippen LogP contribution is 2.36. The molecule has 6 rings (SSSR count). The van der Waals surface area contributed by atoms with Gasteiger partial charge >= 0.3 is 12.2 Å². The van der Waals surface area contributed by atoms with Gasteiger partial charge in [0.15, 0.2) is 5.65 Å². The maximum Gasteiger partial charge on any atom is 0.410 e. The third-order valence-corrected chi connectivity index (χ3v) is 8.40. The summed E-state index contributed by atoms with van der Waals surface area (Å²) in [5.41, 5.74) is 1.12. The first-order valence-electron chi connectivity index (χ1n) is 17.1. The van der Waals surface area contributed by atoms with Crippen LogP contribution in [0.3, 0.4) is 0 Å². The molecule has 2 unspecified atom stereocenters. The molecule has 0 saturated carbocycles.